The zero-order chi connectivity index (χ0) is 12.5. The standard InChI is InChI=1S/C13H11FN4/c14-10-3-1-2-9(6-10)7-12-16-17-13-8-11(15)4-5-18(12)13/h1-6,8H,7,15H2. The fourth-order valence-corrected chi connectivity index (χ4v) is 1.91. The maximum absolute atomic E-state index is 13.1. The molecule has 0 radical (unpaired) electrons. The molecule has 0 aliphatic heterocycles. The van der Waals surface area contributed by atoms with E-state index in [1.807, 2.05) is 16.7 Å². The quantitative estimate of drug-likeness (QED) is 0.748. The third-order valence-electron chi connectivity index (χ3n) is 2.76. The minimum absolute atomic E-state index is 0.245. The average molecular weight is 242 g/mol. The average Bonchev–Trinajstić information content (AvgIpc) is 2.72. The Kier molecular flexibility index (Phi) is 2.44. The number of halogens is 1. The number of rotatable bonds is 2. The highest BCUT2D eigenvalue weighted by atomic mass is 19.1. The van der Waals surface area contributed by atoms with E-state index in [0.717, 1.165) is 11.4 Å². The second-order valence-corrected chi connectivity index (χ2v) is 4.11. The maximum Gasteiger partial charge on any atom is 0.162 e. The molecule has 2 heterocycles. The first-order valence-electron chi connectivity index (χ1n) is 5.56. The molecule has 0 bridgehead atoms. The van der Waals surface area contributed by atoms with E-state index in [1.165, 1.54) is 12.1 Å². The van der Waals surface area contributed by atoms with Crippen molar-refractivity contribution in [3.05, 3.63) is 59.8 Å². The van der Waals surface area contributed by atoms with E-state index < -0.39 is 0 Å². The number of aromatic nitrogens is 3. The van der Waals surface area contributed by atoms with E-state index in [9.17, 15) is 4.39 Å². The molecule has 2 N–H and O–H groups in total. The lowest BCUT2D eigenvalue weighted by Gasteiger charge is -2.01. The van der Waals surface area contributed by atoms with Gasteiger partial charge in [0.25, 0.3) is 0 Å². The minimum Gasteiger partial charge on any atom is -0.399 e. The lowest BCUT2D eigenvalue weighted by atomic mass is 10.1. The number of nitrogens with two attached hydrogens (primary N) is 1. The van der Waals surface area contributed by atoms with Crippen molar-refractivity contribution in [3.8, 4) is 0 Å². The van der Waals surface area contributed by atoms with E-state index in [-0.39, 0.29) is 5.82 Å². The van der Waals surface area contributed by atoms with Gasteiger partial charge >= 0.3 is 0 Å². The maximum atomic E-state index is 13.1. The molecule has 0 aliphatic rings. The van der Waals surface area contributed by atoms with Gasteiger partial charge in [-0.1, -0.05) is 12.1 Å². The molecule has 4 nitrogen and oxygen atoms in total. The normalized spacial score (nSPS) is 10.9. The Morgan fingerprint density at radius 2 is 2.06 bits per heavy atom. The Morgan fingerprint density at radius 1 is 1.17 bits per heavy atom. The molecule has 3 rings (SSSR count). The van der Waals surface area contributed by atoms with E-state index in [4.69, 9.17) is 5.73 Å². The van der Waals surface area contributed by atoms with Gasteiger partial charge in [-0.2, -0.15) is 0 Å². The Balaban J connectivity index is 2.00. The van der Waals surface area contributed by atoms with Gasteiger partial charge in [0.15, 0.2) is 5.65 Å². The van der Waals surface area contributed by atoms with Crippen LogP contribution in [0.4, 0.5) is 10.1 Å². The summed E-state index contributed by atoms with van der Waals surface area (Å²) in [6, 6.07) is 10.0. The molecule has 2 aromatic heterocycles. The highest BCUT2D eigenvalue weighted by Gasteiger charge is 2.06. The van der Waals surface area contributed by atoms with Crippen LogP contribution in [0.2, 0.25) is 0 Å². The number of anilines is 1. The molecule has 3 aromatic rings. The summed E-state index contributed by atoms with van der Waals surface area (Å²) < 4.78 is 15.0. The summed E-state index contributed by atoms with van der Waals surface area (Å²) in [7, 11) is 0. The van der Waals surface area contributed by atoms with E-state index in [1.54, 1.807) is 18.2 Å². The van der Waals surface area contributed by atoms with E-state index in [0.29, 0.717) is 17.8 Å². The van der Waals surface area contributed by atoms with Gasteiger partial charge in [0.1, 0.15) is 11.6 Å². The summed E-state index contributed by atoms with van der Waals surface area (Å²) in [6.45, 7) is 0. The summed E-state index contributed by atoms with van der Waals surface area (Å²) in [4.78, 5) is 0. The van der Waals surface area contributed by atoms with Crippen LogP contribution in [0.5, 0.6) is 0 Å². The smallest absolute Gasteiger partial charge is 0.162 e. The molecule has 18 heavy (non-hydrogen) atoms. The molecule has 0 unspecified atom stereocenters. The van der Waals surface area contributed by atoms with Crippen molar-refractivity contribution in [2.24, 2.45) is 0 Å². The Hall–Kier alpha value is -2.43. The van der Waals surface area contributed by atoms with Crippen LogP contribution in [0.3, 0.4) is 0 Å². The van der Waals surface area contributed by atoms with Gasteiger partial charge in [-0.25, -0.2) is 4.39 Å². The van der Waals surface area contributed by atoms with Gasteiger partial charge in [-0.05, 0) is 23.8 Å². The van der Waals surface area contributed by atoms with Crippen molar-refractivity contribution in [3.63, 3.8) is 0 Å². The van der Waals surface area contributed by atoms with Crippen LogP contribution in [0.1, 0.15) is 11.4 Å². The van der Waals surface area contributed by atoms with Crippen LogP contribution in [-0.2, 0) is 6.42 Å². The predicted octanol–water partition coefficient (Wildman–Crippen LogP) is 2.04. The number of nitrogen functional groups attached to an aromatic ring is 1. The van der Waals surface area contributed by atoms with E-state index in [2.05, 4.69) is 10.2 Å². The molecule has 0 atom stereocenters. The first kappa shape index (κ1) is 10.7. The number of benzene rings is 1. The largest absolute Gasteiger partial charge is 0.399 e. The number of hydrogen-bond acceptors (Lipinski definition) is 3. The monoisotopic (exact) mass is 242 g/mol. The molecule has 5 heteroatoms. The minimum atomic E-state index is -0.245. The summed E-state index contributed by atoms with van der Waals surface area (Å²) in [5.74, 6) is 0.515. The third-order valence-corrected chi connectivity index (χ3v) is 2.76. The van der Waals surface area contributed by atoms with Gasteiger partial charge < -0.3 is 5.73 Å². The topological polar surface area (TPSA) is 56.2 Å². The van der Waals surface area contributed by atoms with Crippen molar-refractivity contribution in [1.29, 1.82) is 0 Å². The molecule has 0 aliphatic carbocycles. The van der Waals surface area contributed by atoms with Crippen LogP contribution in [0.25, 0.3) is 5.65 Å². The van der Waals surface area contributed by atoms with Gasteiger partial charge in [0.05, 0.1) is 0 Å². The molecular weight excluding hydrogens is 231 g/mol. The lowest BCUT2D eigenvalue weighted by Crippen LogP contribution is -1.97. The lowest BCUT2D eigenvalue weighted by molar-refractivity contribution is 0.625. The SMILES string of the molecule is Nc1ccn2c(Cc3cccc(F)c3)nnc2c1. The number of nitrogens with zero attached hydrogens (tertiary/aromatic N) is 3. The fourth-order valence-electron chi connectivity index (χ4n) is 1.91. The van der Waals surface area contributed by atoms with Crippen molar-refractivity contribution >= 4 is 11.3 Å². The summed E-state index contributed by atoms with van der Waals surface area (Å²) in [6.07, 6.45) is 2.35. The zero-order valence-electron chi connectivity index (χ0n) is 9.55. The predicted molar refractivity (Wildman–Crippen MR) is 66.6 cm³/mol. The van der Waals surface area contributed by atoms with Crippen LogP contribution < -0.4 is 5.73 Å². The van der Waals surface area contributed by atoms with Crippen molar-refractivity contribution < 1.29 is 4.39 Å². The Labute approximate surface area is 103 Å². The summed E-state index contributed by atoms with van der Waals surface area (Å²) in [5, 5.41) is 8.13. The van der Waals surface area contributed by atoms with Gasteiger partial charge in [0, 0.05) is 24.4 Å². The van der Waals surface area contributed by atoms with Crippen LogP contribution in [0, 0.1) is 5.82 Å². The molecule has 90 valence electrons. The Morgan fingerprint density at radius 3 is 2.89 bits per heavy atom. The first-order chi connectivity index (χ1) is 8.72. The van der Waals surface area contributed by atoms with Gasteiger partial charge in [-0.3, -0.25) is 4.40 Å². The molecule has 0 spiro atoms. The van der Waals surface area contributed by atoms with Gasteiger partial charge in [-0.15, -0.1) is 10.2 Å². The molecule has 1 aromatic carbocycles. The highest BCUT2D eigenvalue weighted by molar-refractivity contribution is 5.51. The second kappa shape index (κ2) is 4.10. The number of hydrogen-bond donors (Lipinski definition) is 1. The summed E-state index contributed by atoms with van der Waals surface area (Å²) in [5.41, 5.74) is 7.88. The number of fused-ring (bicyclic) bond motifs is 1. The zero-order valence-corrected chi connectivity index (χ0v) is 9.55. The second-order valence-electron chi connectivity index (χ2n) is 4.11. The van der Waals surface area contributed by atoms with Crippen LogP contribution >= 0.6 is 0 Å². The molecule has 0 amide bonds. The van der Waals surface area contributed by atoms with E-state index >= 15 is 0 Å². The fraction of sp³-hybridized carbons (Fsp3) is 0.0769. The number of pyridine rings is 1. The molecule has 0 saturated heterocycles. The molecule has 0 fully saturated rings. The molecular formula is C13H11FN4. The van der Waals surface area contributed by atoms with Crippen LogP contribution in [0.15, 0.2) is 42.6 Å². The van der Waals surface area contributed by atoms with Crippen molar-refractivity contribution in [2.45, 2.75) is 6.42 Å². The van der Waals surface area contributed by atoms with Crippen LogP contribution in [-0.4, -0.2) is 14.6 Å². The van der Waals surface area contributed by atoms with Crippen molar-refractivity contribution in [1.82, 2.24) is 14.6 Å². The first-order valence-corrected chi connectivity index (χ1v) is 5.56. The Bertz CT molecular complexity index is 705. The summed E-state index contributed by atoms with van der Waals surface area (Å²) >= 11 is 0. The molecule has 0 saturated carbocycles. The highest BCUT2D eigenvalue weighted by Crippen LogP contribution is 2.13. The van der Waals surface area contributed by atoms with Gasteiger partial charge in [0.2, 0.25) is 0 Å². The van der Waals surface area contributed by atoms with Crippen molar-refractivity contribution in [2.75, 3.05) is 5.73 Å². The third kappa shape index (κ3) is 1.90.